The Kier molecular flexibility index (Phi) is 2.55. The van der Waals surface area contributed by atoms with Gasteiger partial charge in [-0.3, -0.25) is 0 Å². The van der Waals surface area contributed by atoms with E-state index < -0.39 is 0 Å². The monoisotopic (exact) mass is 189 g/mol. The minimum absolute atomic E-state index is 0.905. The summed E-state index contributed by atoms with van der Waals surface area (Å²) in [5.41, 5.74) is 2.28. The van der Waals surface area contributed by atoms with Gasteiger partial charge < -0.3 is 9.73 Å². The smallest absolute Gasteiger partial charge is 0.134 e. The lowest BCUT2D eigenvalue weighted by Crippen LogP contribution is -2.04. The van der Waals surface area contributed by atoms with E-state index in [1.165, 1.54) is 10.9 Å². The van der Waals surface area contributed by atoms with Crippen molar-refractivity contribution in [1.29, 1.82) is 0 Å². The number of hydrogen-bond donors (Lipinski definition) is 1. The highest BCUT2D eigenvalue weighted by atomic mass is 16.3. The van der Waals surface area contributed by atoms with E-state index in [1.807, 2.05) is 13.1 Å². The normalized spacial score (nSPS) is 11.0. The first-order valence-corrected chi connectivity index (χ1v) is 4.99. The number of nitrogens with one attached hydrogen (secondary N) is 1. The van der Waals surface area contributed by atoms with Crippen molar-refractivity contribution in [1.82, 2.24) is 5.32 Å². The van der Waals surface area contributed by atoms with Crippen molar-refractivity contribution >= 4 is 11.0 Å². The fraction of sp³-hybridized carbons (Fsp3) is 0.333. The second kappa shape index (κ2) is 3.84. The second-order valence-electron chi connectivity index (χ2n) is 3.47. The van der Waals surface area contributed by atoms with E-state index in [4.69, 9.17) is 4.42 Å². The molecule has 0 fully saturated rings. The van der Waals surface area contributed by atoms with Gasteiger partial charge in [-0.1, -0.05) is 13.0 Å². The summed E-state index contributed by atoms with van der Waals surface area (Å²) in [4.78, 5) is 0. The molecule has 2 aromatic rings. The van der Waals surface area contributed by atoms with Crippen LogP contribution in [-0.4, -0.2) is 7.05 Å². The van der Waals surface area contributed by atoms with Crippen LogP contribution in [0, 0.1) is 0 Å². The lowest BCUT2D eigenvalue weighted by Gasteiger charge is -1.98. The largest absolute Gasteiger partial charge is 0.461 e. The maximum atomic E-state index is 5.63. The quantitative estimate of drug-likeness (QED) is 0.803. The summed E-state index contributed by atoms with van der Waals surface area (Å²) >= 11 is 0. The van der Waals surface area contributed by atoms with Crippen molar-refractivity contribution in [3.63, 3.8) is 0 Å². The molecule has 0 saturated heterocycles. The van der Waals surface area contributed by atoms with E-state index in [-0.39, 0.29) is 0 Å². The van der Waals surface area contributed by atoms with E-state index in [0.29, 0.717) is 0 Å². The molecule has 0 spiro atoms. The van der Waals surface area contributed by atoms with Crippen LogP contribution in [0.4, 0.5) is 0 Å². The first-order valence-electron chi connectivity index (χ1n) is 4.99. The van der Waals surface area contributed by atoms with Crippen molar-refractivity contribution in [3.8, 4) is 0 Å². The third kappa shape index (κ3) is 1.66. The van der Waals surface area contributed by atoms with Crippen LogP contribution >= 0.6 is 0 Å². The highest BCUT2D eigenvalue weighted by Crippen LogP contribution is 2.20. The molecule has 0 unspecified atom stereocenters. The zero-order valence-electron chi connectivity index (χ0n) is 8.63. The predicted octanol–water partition coefficient (Wildman–Crippen LogP) is 2.71. The van der Waals surface area contributed by atoms with E-state index in [2.05, 4.69) is 30.4 Å². The summed E-state index contributed by atoms with van der Waals surface area (Å²) in [6.07, 6.45) is 0.954. The summed E-state index contributed by atoms with van der Waals surface area (Å²) < 4.78 is 5.63. The van der Waals surface area contributed by atoms with Gasteiger partial charge in [0.15, 0.2) is 0 Å². The SMILES string of the molecule is CCc1cc2cc(CNC)ccc2o1. The molecule has 0 radical (unpaired) electrons. The highest BCUT2D eigenvalue weighted by molar-refractivity contribution is 5.78. The average Bonchev–Trinajstić information content (AvgIpc) is 2.60. The Morgan fingerprint density at radius 2 is 2.14 bits per heavy atom. The molecule has 1 aromatic heterocycles. The molecule has 2 heteroatoms. The standard InChI is InChI=1S/C12H15NO/c1-3-11-7-10-6-9(8-13-2)4-5-12(10)14-11/h4-7,13H,3,8H2,1-2H3. The molecule has 0 saturated carbocycles. The van der Waals surface area contributed by atoms with Crippen molar-refractivity contribution in [2.45, 2.75) is 19.9 Å². The topological polar surface area (TPSA) is 25.2 Å². The molecule has 0 bridgehead atoms. The van der Waals surface area contributed by atoms with Crippen LogP contribution < -0.4 is 5.32 Å². The minimum atomic E-state index is 0.905. The van der Waals surface area contributed by atoms with Crippen LogP contribution in [0.25, 0.3) is 11.0 Å². The Labute approximate surface area is 83.9 Å². The van der Waals surface area contributed by atoms with Crippen LogP contribution in [-0.2, 0) is 13.0 Å². The van der Waals surface area contributed by atoms with Crippen LogP contribution in [0.1, 0.15) is 18.2 Å². The summed E-state index contributed by atoms with van der Waals surface area (Å²) in [5.74, 6) is 1.06. The number of fused-ring (bicyclic) bond motifs is 1. The molecule has 2 nitrogen and oxygen atoms in total. The molecule has 0 aliphatic rings. The third-order valence-corrected chi connectivity index (χ3v) is 2.36. The first kappa shape index (κ1) is 9.28. The number of aryl methyl sites for hydroxylation is 1. The Morgan fingerprint density at radius 3 is 2.86 bits per heavy atom. The summed E-state index contributed by atoms with van der Waals surface area (Å²) in [7, 11) is 1.96. The molecule has 0 atom stereocenters. The molecule has 0 aliphatic heterocycles. The van der Waals surface area contributed by atoms with E-state index in [1.54, 1.807) is 0 Å². The van der Waals surface area contributed by atoms with E-state index >= 15 is 0 Å². The van der Waals surface area contributed by atoms with Gasteiger partial charge in [0.05, 0.1) is 0 Å². The van der Waals surface area contributed by atoms with Crippen LogP contribution in [0.15, 0.2) is 28.7 Å². The lowest BCUT2D eigenvalue weighted by molar-refractivity contribution is 0.557. The fourth-order valence-corrected chi connectivity index (χ4v) is 1.64. The second-order valence-corrected chi connectivity index (χ2v) is 3.47. The molecule has 0 aliphatic carbocycles. The fourth-order valence-electron chi connectivity index (χ4n) is 1.64. The summed E-state index contributed by atoms with van der Waals surface area (Å²) in [6.45, 7) is 3.01. The Balaban J connectivity index is 2.43. The van der Waals surface area contributed by atoms with Crippen molar-refractivity contribution in [2.75, 3.05) is 7.05 Å². The van der Waals surface area contributed by atoms with Crippen molar-refractivity contribution in [3.05, 3.63) is 35.6 Å². The van der Waals surface area contributed by atoms with Gasteiger partial charge in [0.1, 0.15) is 11.3 Å². The Morgan fingerprint density at radius 1 is 1.29 bits per heavy atom. The molecule has 74 valence electrons. The Bertz CT molecular complexity index is 431. The van der Waals surface area contributed by atoms with Gasteiger partial charge >= 0.3 is 0 Å². The van der Waals surface area contributed by atoms with Gasteiger partial charge in [0.2, 0.25) is 0 Å². The molecule has 2 rings (SSSR count). The lowest BCUT2D eigenvalue weighted by atomic mass is 10.1. The number of rotatable bonds is 3. The number of benzene rings is 1. The summed E-state index contributed by atoms with van der Waals surface area (Å²) in [6, 6.07) is 8.44. The van der Waals surface area contributed by atoms with Crippen LogP contribution in [0.5, 0.6) is 0 Å². The zero-order valence-corrected chi connectivity index (χ0v) is 8.63. The number of furan rings is 1. The zero-order chi connectivity index (χ0) is 9.97. The third-order valence-electron chi connectivity index (χ3n) is 2.36. The molecule has 1 aromatic carbocycles. The first-order chi connectivity index (χ1) is 6.83. The highest BCUT2D eigenvalue weighted by Gasteiger charge is 2.02. The maximum Gasteiger partial charge on any atom is 0.134 e. The molecule has 1 heterocycles. The Hall–Kier alpha value is -1.28. The van der Waals surface area contributed by atoms with Gasteiger partial charge in [-0.15, -0.1) is 0 Å². The van der Waals surface area contributed by atoms with E-state index in [9.17, 15) is 0 Å². The van der Waals surface area contributed by atoms with Crippen molar-refractivity contribution in [2.24, 2.45) is 0 Å². The van der Waals surface area contributed by atoms with Crippen molar-refractivity contribution < 1.29 is 4.42 Å². The van der Waals surface area contributed by atoms with Crippen LogP contribution in [0.3, 0.4) is 0 Å². The van der Waals surface area contributed by atoms with Gasteiger partial charge in [0, 0.05) is 18.4 Å². The summed E-state index contributed by atoms with van der Waals surface area (Å²) in [5, 5.41) is 4.34. The van der Waals surface area contributed by atoms with E-state index in [0.717, 1.165) is 24.3 Å². The maximum absolute atomic E-state index is 5.63. The minimum Gasteiger partial charge on any atom is -0.461 e. The van der Waals surface area contributed by atoms with Gasteiger partial charge in [-0.2, -0.15) is 0 Å². The van der Waals surface area contributed by atoms with Gasteiger partial charge in [-0.05, 0) is 30.8 Å². The predicted molar refractivity (Wildman–Crippen MR) is 58.4 cm³/mol. The van der Waals surface area contributed by atoms with Gasteiger partial charge in [0.25, 0.3) is 0 Å². The molecular weight excluding hydrogens is 174 g/mol. The van der Waals surface area contributed by atoms with Gasteiger partial charge in [-0.25, -0.2) is 0 Å². The van der Waals surface area contributed by atoms with Crippen LogP contribution in [0.2, 0.25) is 0 Å². The molecule has 14 heavy (non-hydrogen) atoms. The number of hydrogen-bond acceptors (Lipinski definition) is 2. The average molecular weight is 189 g/mol. The molecular formula is C12H15NO. The molecule has 0 amide bonds. The molecule has 1 N–H and O–H groups in total.